The van der Waals surface area contributed by atoms with Crippen LogP contribution in [0, 0.1) is 0 Å². The number of amides is 3. The van der Waals surface area contributed by atoms with Crippen LogP contribution >= 0.6 is 0 Å². The summed E-state index contributed by atoms with van der Waals surface area (Å²) in [7, 11) is 0. The van der Waals surface area contributed by atoms with Crippen molar-refractivity contribution in [2.45, 2.75) is 5.54 Å². The van der Waals surface area contributed by atoms with E-state index in [1.54, 1.807) is 48.5 Å². The summed E-state index contributed by atoms with van der Waals surface area (Å²) in [5.41, 5.74) is 0.250. The average Bonchev–Trinajstić information content (AvgIpc) is 3.01. The van der Waals surface area contributed by atoms with Crippen LogP contribution in [0.5, 0.6) is 11.5 Å². The van der Waals surface area contributed by atoms with Crippen LogP contribution in [0.2, 0.25) is 0 Å². The SMILES string of the molecule is O=C1NC(c2ccccc2)(c2ccccc2)C(=O)N1/N=C/c1ccc(O)c(O)c1. The van der Waals surface area contributed by atoms with E-state index >= 15 is 0 Å². The number of nitrogens with zero attached hydrogens (tertiary/aromatic N) is 2. The summed E-state index contributed by atoms with van der Waals surface area (Å²) in [5.74, 6) is -1.14. The first kappa shape index (κ1) is 18.2. The number of phenolic OH excluding ortho intramolecular Hbond substituents is 2. The van der Waals surface area contributed by atoms with Gasteiger partial charge in [-0.2, -0.15) is 5.10 Å². The predicted octanol–water partition coefficient (Wildman–Crippen LogP) is 2.93. The fourth-order valence-corrected chi connectivity index (χ4v) is 3.30. The van der Waals surface area contributed by atoms with Crippen LogP contribution in [-0.2, 0) is 10.3 Å². The maximum absolute atomic E-state index is 13.4. The minimum atomic E-state index is -1.39. The number of hydrazone groups is 1. The lowest BCUT2D eigenvalue weighted by molar-refractivity contribution is -0.130. The normalized spacial score (nSPS) is 15.7. The van der Waals surface area contributed by atoms with Crippen LogP contribution in [0.4, 0.5) is 4.79 Å². The van der Waals surface area contributed by atoms with Gasteiger partial charge < -0.3 is 15.5 Å². The van der Waals surface area contributed by atoms with Gasteiger partial charge in [-0.15, -0.1) is 5.01 Å². The number of imide groups is 1. The maximum Gasteiger partial charge on any atom is 0.346 e. The van der Waals surface area contributed by atoms with E-state index in [0.717, 1.165) is 5.01 Å². The quantitative estimate of drug-likeness (QED) is 0.364. The molecule has 144 valence electrons. The summed E-state index contributed by atoms with van der Waals surface area (Å²) >= 11 is 0. The highest BCUT2D eigenvalue weighted by atomic mass is 16.3. The van der Waals surface area contributed by atoms with E-state index in [2.05, 4.69) is 10.4 Å². The second kappa shape index (κ2) is 7.12. The van der Waals surface area contributed by atoms with Crippen LogP contribution in [0.3, 0.4) is 0 Å². The highest BCUT2D eigenvalue weighted by Crippen LogP contribution is 2.36. The molecule has 0 aliphatic carbocycles. The Morgan fingerprint density at radius 1 is 0.828 bits per heavy atom. The lowest BCUT2D eigenvalue weighted by atomic mass is 9.83. The molecule has 0 bridgehead atoms. The summed E-state index contributed by atoms with van der Waals surface area (Å²) in [6.45, 7) is 0. The smallest absolute Gasteiger partial charge is 0.346 e. The third kappa shape index (κ3) is 3.08. The fraction of sp³-hybridized carbons (Fsp3) is 0.0455. The minimum Gasteiger partial charge on any atom is -0.504 e. The van der Waals surface area contributed by atoms with Crippen molar-refractivity contribution < 1.29 is 19.8 Å². The Bertz CT molecular complexity index is 1060. The van der Waals surface area contributed by atoms with Crippen molar-refractivity contribution in [2.24, 2.45) is 5.10 Å². The van der Waals surface area contributed by atoms with Crippen molar-refractivity contribution in [3.8, 4) is 11.5 Å². The Kier molecular flexibility index (Phi) is 4.48. The zero-order valence-electron chi connectivity index (χ0n) is 15.2. The van der Waals surface area contributed by atoms with Gasteiger partial charge in [-0.25, -0.2) is 4.79 Å². The molecule has 1 saturated heterocycles. The average molecular weight is 387 g/mol. The number of hydrogen-bond acceptors (Lipinski definition) is 5. The number of carbonyl (C=O) groups is 2. The topological polar surface area (TPSA) is 102 Å². The van der Waals surface area contributed by atoms with Gasteiger partial charge in [-0.1, -0.05) is 60.7 Å². The molecule has 0 spiro atoms. The number of urea groups is 1. The Morgan fingerprint density at radius 3 is 1.97 bits per heavy atom. The number of rotatable bonds is 4. The summed E-state index contributed by atoms with van der Waals surface area (Å²) in [6.07, 6.45) is 1.27. The molecule has 29 heavy (non-hydrogen) atoms. The zero-order valence-corrected chi connectivity index (χ0v) is 15.2. The first-order valence-electron chi connectivity index (χ1n) is 8.86. The number of hydrogen-bond donors (Lipinski definition) is 3. The molecule has 7 heteroatoms. The highest BCUT2D eigenvalue weighted by Gasteiger charge is 2.54. The standard InChI is InChI=1S/C22H17N3O4/c26-18-12-11-15(13-19(18)27)14-23-25-20(28)22(24-21(25)29,16-7-3-1-4-8-16)17-9-5-2-6-10-17/h1-14,26-27H,(H,24,29)/b23-14+. The third-order valence-corrected chi connectivity index (χ3v) is 4.74. The van der Waals surface area contributed by atoms with Crippen LogP contribution in [0.1, 0.15) is 16.7 Å². The molecule has 1 fully saturated rings. The van der Waals surface area contributed by atoms with Gasteiger partial charge in [0.1, 0.15) is 0 Å². The molecule has 1 heterocycles. The van der Waals surface area contributed by atoms with E-state index in [1.807, 2.05) is 12.1 Å². The van der Waals surface area contributed by atoms with Crippen molar-refractivity contribution in [1.29, 1.82) is 0 Å². The van der Waals surface area contributed by atoms with Crippen molar-refractivity contribution in [3.05, 3.63) is 95.6 Å². The van der Waals surface area contributed by atoms with Gasteiger partial charge >= 0.3 is 6.03 Å². The summed E-state index contributed by atoms with van der Waals surface area (Å²) < 4.78 is 0. The molecule has 0 aromatic heterocycles. The van der Waals surface area contributed by atoms with Gasteiger partial charge in [0.15, 0.2) is 17.0 Å². The Morgan fingerprint density at radius 2 is 1.41 bits per heavy atom. The molecule has 0 radical (unpaired) electrons. The number of benzene rings is 3. The van der Waals surface area contributed by atoms with Crippen molar-refractivity contribution in [2.75, 3.05) is 0 Å². The molecule has 1 aliphatic heterocycles. The van der Waals surface area contributed by atoms with Crippen LogP contribution in [-0.4, -0.2) is 33.4 Å². The predicted molar refractivity (Wildman–Crippen MR) is 106 cm³/mol. The molecule has 4 rings (SSSR count). The fourth-order valence-electron chi connectivity index (χ4n) is 3.30. The summed E-state index contributed by atoms with van der Waals surface area (Å²) in [4.78, 5) is 26.1. The molecule has 0 atom stereocenters. The Balaban J connectivity index is 1.76. The zero-order chi connectivity index (χ0) is 20.4. The largest absolute Gasteiger partial charge is 0.504 e. The van der Waals surface area contributed by atoms with Crippen LogP contribution in [0.15, 0.2) is 84.0 Å². The highest BCUT2D eigenvalue weighted by molar-refractivity contribution is 6.09. The molecule has 0 unspecified atom stereocenters. The monoisotopic (exact) mass is 387 g/mol. The number of aromatic hydroxyl groups is 2. The molecule has 0 saturated carbocycles. The number of carbonyl (C=O) groups excluding carboxylic acids is 2. The van der Waals surface area contributed by atoms with Crippen LogP contribution in [0.25, 0.3) is 0 Å². The van der Waals surface area contributed by atoms with Crippen molar-refractivity contribution in [3.63, 3.8) is 0 Å². The van der Waals surface area contributed by atoms with E-state index in [4.69, 9.17) is 0 Å². The van der Waals surface area contributed by atoms with E-state index in [-0.39, 0.29) is 11.5 Å². The molecule has 3 amide bonds. The van der Waals surface area contributed by atoms with E-state index in [1.165, 1.54) is 24.4 Å². The van der Waals surface area contributed by atoms with Gasteiger partial charge in [-0.05, 0) is 34.9 Å². The molecule has 1 aliphatic rings. The second-order valence-electron chi connectivity index (χ2n) is 6.52. The van der Waals surface area contributed by atoms with E-state index < -0.39 is 17.5 Å². The van der Waals surface area contributed by atoms with Gasteiger partial charge in [0.25, 0.3) is 5.91 Å². The second-order valence-corrected chi connectivity index (χ2v) is 6.52. The molecular formula is C22H17N3O4. The van der Waals surface area contributed by atoms with Crippen molar-refractivity contribution >= 4 is 18.2 Å². The molecule has 3 aromatic rings. The molecular weight excluding hydrogens is 370 g/mol. The Labute approximate surface area is 166 Å². The first-order chi connectivity index (χ1) is 14.0. The van der Waals surface area contributed by atoms with E-state index in [0.29, 0.717) is 16.7 Å². The van der Waals surface area contributed by atoms with Gasteiger partial charge in [0, 0.05) is 0 Å². The lowest BCUT2D eigenvalue weighted by Crippen LogP contribution is -2.44. The van der Waals surface area contributed by atoms with Crippen molar-refractivity contribution in [1.82, 2.24) is 10.3 Å². The minimum absolute atomic E-state index is 0.274. The molecule has 3 N–H and O–H groups in total. The molecule has 7 nitrogen and oxygen atoms in total. The van der Waals surface area contributed by atoms with Gasteiger partial charge in [0.05, 0.1) is 6.21 Å². The number of phenols is 2. The van der Waals surface area contributed by atoms with Gasteiger partial charge in [0.2, 0.25) is 0 Å². The number of nitrogens with one attached hydrogen (secondary N) is 1. The lowest BCUT2D eigenvalue weighted by Gasteiger charge is -2.27. The van der Waals surface area contributed by atoms with E-state index in [9.17, 15) is 19.8 Å². The first-order valence-corrected chi connectivity index (χ1v) is 8.86. The summed E-state index contributed by atoms with van der Waals surface area (Å²) in [5, 5.41) is 26.6. The molecule has 3 aromatic carbocycles. The summed E-state index contributed by atoms with van der Waals surface area (Å²) in [6, 6.07) is 21.3. The van der Waals surface area contributed by atoms with Crippen LogP contribution < -0.4 is 5.32 Å². The van der Waals surface area contributed by atoms with Gasteiger partial charge in [-0.3, -0.25) is 4.79 Å². The Hall–Kier alpha value is -4.13. The third-order valence-electron chi connectivity index (χ3n) is 4.74. The maximum atomic E-state index is 13.4.